The zero-order chi connectivity index (χ0) is 17.4. The molecule has 0 saturated heterocycles. The fourth-order valence-electron chi connectivity index (χ4n) is 0.975. The highest BCUT2D eigenvalue weighted by Gasteiger charge is 2.45. The molecule has 0 aromatic rings. The van der Waals surface area contributed by atoms with Crippen molar-refractivity contribution < 1.29 is 41.0 Å². The minimum atomic E-state index is -5.80. The van der Waals surface area contributed by atoms with Crippen molar-refractivity contribution in [2.24, 2.45) is 4.40 Å². The van der Waals surface area contributed by atoms with Crippen LogP contribution in [0.3, 0.4) is 0 Å². The Hall–Kier alpha value is -1.62. The summed E-state index contributed by atoms with van der Waals surface area (Å²) in [6, 6.07) is 0. The third-order valence-electron chi connectivity index (χ3n) is 2.00. The zero-order valence-electron chi connectivity index (χ0n) is 11.7. The predicted molar refractivity (Wildman–Crippen MR) is 68.2 cm³/mol. The van der Waals surface area contributed by atoms with Gasteiger partial charge in [0.05, 0.1) is 6.61 Å². The molecular weight excluding hydrogens is 331 g/mol. The van der Waals surface area contributed by atoms with Crippen LogP contribution < -0.4 is 5.11 Å². The van der Waals surface area contributed by atoms with Gasteiger partial charge in [0.25, 0.3) is 0 Å². The number of hydrogen-bond donors (Lipinski definition) is 0. The first kappa shape index (κ1) is 20.4. The van der Waals surface area contributed by atoms with Gasteiger partial charge in [-0.25, -0.2) is 4.79 Å². The number of carbonyl (C=O) groups is 1. The second kappa shape index (κ2) is 8.73. The van der Waals surface area contributed by atoms with Gasteiger partial charge >= 0.3 is 21.5 Å². The molecule has 0 aliphatic heterocycles. The Bertz CT molecular complexity index is 526. The third-order valence-corrected chi connectivity index (χ3v) is 3.03. The van der Waals surface area contributed by atoms with Crippen molar-refractivity contribution in [2.75, 3.05) is 19.8 Å². The first-order chi connectivity index (χ1) is 9.97. The van der Waals surface area contributed by atoms with Gasteiger partial charge in [0.1, 0.15) is 6.61 Å². The SMILES string of the molecule is C=C(C)C(=O)OCCOCCC/C([O-])=N\S(=O)(=O)C(F)(F)F. The van der Waals surface area contributed by atoms with E-state index in [1.54, 1.807) is 0 Å². The highest BCUT2D eigenvalue weighted by molar-refractivity contribution is 7.91. The van der Waals surface area contributed by atoms with Crippen LogP contribution in [0.2, 0.25) is 0 Å². The summed E-state index contributed by atoms with van der Waals surface area (Å²) in [6.07, 6.45) is -0.537. The first-order valence-electron chi connectivity index (χ1n) is 5.95. The molecule has 0 bridgehead atoms. The number of nitrogens with zero attached hydrogens (tertiary/aromatic N) is 1. The van der Waals surface area contributed by atoms with E-state index in [1.165, 1.54) is 6.92 Å². The van der Waals surface area contributed by atoms with E-state index >= 15 is 0 Å². The minimum absolute atomic E-state index is 0.0191. The number of esters is 1. The van der Waals surface area contributed by atoms with E-state index in [4.69, 9.17) is 4.74 Å². The molecule has 11 heteroatoms. The Balaban J connectivity index is 3.94. The third kappa shape index (κ3) is 7.98. The van der Waals surface area contributed by atoms with Crippen molar-refractivity contribution in [1.82, 2.24) is 0 Å². The molecule has 0 saturated carbocycles. The molecule has 0 heterocycles. The maximum Gasteiger partial charge on any atom is 0.518 e. The van der Waals surface area contributed by atoms with E-state index in [0.717, 1.165) is 0 Å². The van der Waals surface area contributed by atoms with Gasteiger partial charge in [-0.2, -0.15) is 26.0 Å². The standard InChI is InChI=1S/C11H16F3NO6S/c1-8(2)10(17)21-7-6-20-5-3-4-9(16)15-22(18,19)11(12,13)14/h1,3-7H2,2H3,(H,15,16)/p-1. The highest BCUT2D eigenvalue weighted by Crippen LogP contribution is 2.24. The van der Waals surface area contributed by atoms with Crippen molar-refractivity contribution in [1.29, 1.82) is 0 Å². The molecule has 0 rings (SSSR count). The van der Waals surface area contributed by atoms with Crippen LogP contribution in [0.5, 0.6) is 0 Å². The van der Waals surface area contributed by atoms with Crippen LogP contribution in [0.4, 0.5) is 13.2 Å². The van der Waals surface area contributed by atoms with Crippen LogP contribution in [0.15, 0.2) is 16.5 Å². The highest BCUT2D eigenvalue weighted by atomic mass is 32.2. The van der Waals surface area contributed by atoms with E-state index in [1.807, 2.05) is 0 Å². The van der Waals surface area contributed by atoms with Gasteiger partial charge in [-0.15, -0.1) is 0 Å². The van der Waals surface area contributed by atoms with Gasteiger partial charge < -0.3 is 14.6 Å². The number of alkyl halides is 3. The lowest BCUT2D eigenvalue weighted by atomic mass is 10.3. The summed E-state index contributed by atoms with van der Waals surface area (Å²) in [7, 11) is -5.80. The van der Waals surface area contributed by atoms with E-state index in [9.17, 15) is 31.5 Å². The zero-order valence-corrected chi connectivity index (χ0v) is 12.5. The second-order valence-corrected chi connectivity index (χ2v) is 5.63. The molecule has 0 atom stereocenters. The molecule has 128 valence electrons. The maximum atomic E-state index is 11.9. The predicted octanol–water partition coefficient (Wildman–Crippen LogP) is 0.511. The van der Waals surface area contributed by atoms with Gasteiger partial charge in [-0.1, -0.05) is 6.58 Å². The molecule has 0 amide bonds. The lowest BCUT2D eigenvalue weighted by Crippen LogP contribution is -2.26. The topological polar surface area (TPSA) is 105 Å². The van der Waals surface area contributed by atoms with Gasteiger partial charge in [0.15, 0.2) is 0 Å². The van der Waals surface area contributed by atoms with Gasteiger partial charge in [0.2, 0.25) is 0 Å². The van der Waals surface area contributed by atoms with Crippen LogP contribution >= 0.6 is 0 Å². The summed E-state index contributed by atoms with van der Waals surface area (Å²) >= 11 is 0. The molecule has 0 fully saturated rings. The van der Waals surface area contributed by atoms with Crippen molar-refractivity contribution in [3.8, 4) is 0 Å². The van der Waals surface area contributed by atoms with Crippen LogP contribution in [0.1, 0.15) is 19.8 Å². The smallest absolute Gasteiger partial charge is 0.518 e. The minimum Gasteiger partial charge on any atom is -0.861 e. The molecule has 0 aromatic carbocycles. The van der Waals surface area contributed by atoms with E-state index in [2.05, 4.69) is 15.7 Å². The van der Waals surface area contributed by atoms with Crippen molar-refractivity contribution in [2.45, 2.75) is 25.3 Å². The number of carbonyl (C=O) groups excluding carboxylic acids is 1. The Morgan fingerprint density at radius 1 is 1.27 bits per heavy atom. The van der Waals surface area contributed by atoms with Gasteiger partial charge in [-0.3, -0.25) is 0 Å². The van der Waals surface area contributed by atoms with Crippen LogP contribution in [-0.4, -0.2) is 45.6 Å². The Labute approximate surface area is 125 Å². The molecule has 0 unspecified atom stereocenters. The second-order valence-electron chi connectivity index (χ2n) is 4.04. The fourth-order valence-corrected chi connectivity index (χ4v) is 1.44. The molecule has 0 aliphatic carbocycles. The maximum absolute atomic E-state index is 11.9. The number of ether oxygens (including phenoxy) is 2. The summed E-state index contributed by atoms with van der Waals surface area (Å²) in [6.45, 7) is 4.76. The average Bonchev–Trinajstić information content (AvgIpc) is 2.35. The van der Waals surface area contributed by atoms with Gasteiger partial charge in [-0.05, 0) is 25.7 Å². The van der Waals surface area contributed by atoms with E-state index in [-0.39, 0.29) is 31.8 Å². The lowest BCUT2D eigenvalue weighted by Gasteiger charge is -2.11. The Morgan fingerprint density at radius 2 is 1.86 bits per heavy atom. The molecule has 0 aliphatic rings. The summed E-state index contributed by atoms with van der Waals surface area (Å²) in [5.74, 6) is -2.00. The van der Waals surface area contributed by atoms with Crippen LogP contribution in [-0.2, 0) is 24.3 Å². The van der Waals surface area contributed by atoms with Crippen LogP contribution in [0.25, 0.3) is 0 Å². The average molecular weight is 346 g/mol. The summed E-state index contributed by atoms with van der Waals surface area (Å²) in [5.41, 5.74) is -5.37. The summed E-state index contributed by atoms with van der Waals surface area (Å²) in [5, 5.41) is 11.0. The molecule has 7 nitrogen and oxygen atoms in total. The first-order valence-corrected chi connectivity index (χ1v) is 7.39. The Kier molecular flexibility index (Phi) is 8.09. The fraction of sp³-hybridized carbons (Fsp3) is 0.636. The molecule has 0 spiro atoms. The largest absolute Gasteiger partial charge is 0.861 e. The van der Waals surface area contributed by atoms with Crippen LogP contribution in [0, 0.1) is 0 Å². The van der Waals surface area contributed by atoms with Gasteiger partial charge in [0, 0.05) is 12.2 Å². The van der Waals surface area contributed by atoms with Crippen molar-refractivity contribution in [3.63, 3.8) is 0 Å². The Morgan fingerprint density at radius 3 is 2.36 bits per heavy atom. The molecule has 0 aromatic heterocycles. The summed E-state index contributed by atoms with van der Waals surface area (Å²) < 4.78 is 68.7. The molecule has 0 N–H and O–H groups in total. The monoisotopic (exact) mass is 346 g/mol. The lowest BCUT2D eigenvalue weighted by molar-refractivity contribution is -0.218. The number of rotatable bonds is 9. The number of halogens is 3. The van der Waals surface area contributed by atoms with Crippen molar-refractivity contribution >= 4 is 21.9 Å². The quantitative estimate of drug-likeness (QED) is 0.198. The van der Waals surface area contributed by atoms with Crippen molar-refractivity contribution in [3.05, 3.63) is 12.2 Å². The number of hydrogen-bond acceptors (Lipinski definition) is 6. The van der Waals surface area contributed by atoms with E-state index < -0.39 is 33.8 Å². The molecule has 22 heavy (non-hydrogen) atoms. The van der Waals surface area contributed by atoms with E-state index in [0.29, 0.717) is 0 Å². The molecular formula is C11H15F3NO6S-. The summed E-state index contributed by atoms with van der Waals surface area (Å²) in [4.78, 5) is 11.0. The normalized spacial score (nSPS) is 13.0. The number of sulfonamides is 1. The molecule has 0 radical (unpaired) electrons.